The minimum atomic E-state index is -0.0406. The monoisotopic (exact) mass is 387 g/mol. The normalized spacial score (nSPS) is 12.2. The van der Waals surface area contributed by atoms with E-state index in [1.165, 1.54) is 11.3 Å². The number of benzene rings is 1. The molecule has 1 amide bonds. The highest BCUT2D eigenvalue weighted by Gasteiger charge is 2.12. The molecule has 1 atom stereocenters. The van der Waals surface area contributed by atoms with Crippen LogP contribution in [0.3, 0.4) is 0 Å². The van der Waals surface area contributed by atoms with E-state index < -0.39 is 0 Å². The molecule has 0 saturated carbocycles. The summed E-state index contributed by atoms with van der Waals surface area (Å²) in [4.78, 5) is 12.7. The average Bonchev–Trinajstić information content (AvgIpc) is 2.76. The van der Waals surface area contributed by atoms with E-state index in [0.29, 0.717) is 4.88 Å². The molecule has 0 aliphatic heterocycles. The second kappa shape index (κ2) is 5.99. The molecule has 0 aliphatic carbocycles. The summed E-state index contributed by atoms with van der Waals surface area (Å²) in [6.45, 7) is 1.98. The van der Waals surface area contributed by atoms with Crippen LogP contribution in [0.5, 0.6) is 0 Å². The van der Waals surface area contributed by atoms with Crippen LogP contribution in [-0.4, -0.2) is 5.91 Å². The van der Waals surface area contributed by atoms with Crippen molar-refractivity contribution in [1.29, 1.82) is 0 Å². The second-order valence-corrected chi connectivity index (χ2v) is 7.23. The molecule has 1 heterocycles. The van der Waals surface area contributed by atoms with E-state index in [1.54, 1.807) is 0 Å². The average molecular weight is 389 g/mol. The molecule has 5 heteroatoms. The lowest BCUT2D eigenvalue weighted by Crippen LogP contribution is -2.25. The third kappa shape index (κ3) is 3.43. The van der Waals surface area contributed by atoms with Crippen molar-refractivity contribution in [3.8, 4) is 0 Å². The molecular weight excluding hydrogens is 378 g/mol. The molecule has 0 fully saturated rings. The van der Waals surface area contributed by atoms with Gasteiger partial charge in [-0.25, -0.2) is 0 Å². The van der Waals surface area contributed by atoms with Crippen molar-refractivity contribution < 1.29 is 4.79 Å². The Balaban J connectivity index is 2.05. The summed E-state index contributed by atoms with van der Waals surface area (Å²) >= 11 is 8.18. The van der Waals surface area contributed by atoms with Gasteiger partial charge in [0.1, 0.15) is 0 Å². The summed E-state index contributed by atoms with van der Waals surface area (Å²) in [5.74, 6) is -0.0406. The van der Waals surface area contributed by atoms with Gasteiger partial charge in [-0.1, -0.05) is 28.1 Å². The second-order valence-electron chi connectivity index (χ2n) is 3.85. The largest absolute Gasteiger partial charge is 0.345 e. The molecule has 0 bridgehead atoms. The number of hydrogen-bond acceptors (Lipinski definition) is 2. The Hall–Kier alpha value is -0.650. The molecule has 1 N–H and O–H groups in total. The number of carbonyl (C=O) groups is 1. The molecular formula is C13H11Br2NOS. The van der Waals surface area contributed by atoms with E-state index >= 15 is 0 Å². The van der Waals surface area contributed by atoms with Gasteiger partial charge >= 0.3 is 0 Å². The molecule has 1 aromatic carbocycles. The smallest absolute Gasteiger partial charge is 0.261 e. The Morgan fingerprint density at radius 2 is 1.83 bits per heavy atom. The van der Waals surface area contributed by atoms with Gasteiger partial charge in [-0.15, -0.1) is 11.3 Å². The Labute approximate surface area is 127 Å². The predicted octanol–water partition coefficient (Wildman–Crippen LogP) is 4.76. The lowest BCUT2D eigenvalue weighted by atomic mass is 10.1. The van der Waals surface area contributed by atoms with Gasteiger partial charge in [0, 0.05) is 4.47 Å². The zero-order chi connectivity index (χ0) is 13.1. The SMILES string of the molecule is CC(NC(=O)c1ccc(Br)s1)c1ccc(Br)cc1. The zero-order valence-electron chi connectivity index (χ0n) is 9.61. The van der Waals surface area contributed by atoms with Gasteiger partial charge in [0.05, 0.1) is 14.7 Å². The van der Waals surface area contributed by atoms with Crippen molar-refractivity contribution in [2.45, 2.75) is 13.0 Å². The predicted molar refractivity (Wildman–Crippen MR) is 82.0 cm³/mol. The third-order valence-electron chi connectivity index (χ3n) is 2.51. The molecule has 94 valence electrons. The zero-order valence-corrected chi connectivity index (χ0v) is 13.6. The van der Waals surface area contributed by atoms with E-state index in [1.807, 2.05) is 43.3 Å². The van der Waals surface area contributed by atoms with Crippen LogP contribution in [0.25, 0.3) is 0 Å². The first-order chi connectivity index (χ1) is 8.56. The van der Waals surface area contributed by atoms with Gasteiger partial charge in [0.25, 0.3) is 5.91 Å². The van der Waals surface area contributed by atoms with Crippen molar-refractivity contribution in [3.63, 3.8) is 0 Å². The van der Waals surface area contributed by atoms with Crippen molar-refractivity contribution in [2.24, 2.45) is 0 Å². The molecule has 2 nitrogen and oxygen atoms in total. The summed E-state index contributed by atoms with van der Waals surface area (Å²) in [5.41, 5.74) is 1.09. The minimum Gasteiger partial charge on any atom is -0.345 e. The highest BCUT2D eigenvalue weighted by molar-refractivity contribution is 9.11. The number of thiophene rings is 1. The molecule has 1 aromatic heterocycles. The fourth-order valence-electron chi connectivity index (χ4n) is 1.54. The van der Waals surface area contributed by atoms with Crippen LogP contribution in [0.15, 0.2) is 44.7 Å². The quantitative estimate of drug-likeness (QED) is 0.806. The molecule has 2 aromatic rings. The number of amides is 1. The van der Waals surface area contributed by atoms with Crippen molar-refractivity contribution >= 4 is 49.1 Å². The van der Waals surface area contributed by atoms with Crippen molar-refractivity contribution in [2.75, 3.05) is 0 Å². The van der Waals surface area contributed by atoms with Crippen LogP contribution in [0, 0.1) is 0 Å². The molecule has 0 aliphatic rings. The van der Waals surface area contributed by atoms with Crippen LogP contribution in [-0.2, 0) is 0 Å². The topological polar surface area (TPSA) is 29.1 Å². The summed E-state index contributed by atoms with van der Waals surface area (Å²) in [6.07, 6.45) is 0. The van der Waals surface area contributed by atoms with E-state index in [-0.39, 0.29) is 11.9 Å². The Morgan fingerprint density at radius 1 is 1.17 bits per heavy atom. The van der Waals surface area contributed by atoms with Gasteiger partial charge in [-0.2, -0.15) is 0 Å². The highest BCUT2D eigenvalue weighted by atomic mass is 79.9. The van der Waals surface area contributed by atoms with E-state index in [9.17, 15) is 4.79 Å². The Bertz CT molecular complexity index is 550. The minimum absolute atomic E-state index is 0.00789. The van der Waals surface area contributed by atoms with E-state index in [4.69, 9.17) is 0 Å². The lowest BCUT2D eigenvalue weighted by molar-refractivity contribution is 0.0944. The molecule has 0 spiro atoms. The first kappa shape index (κ1) is 13.8. The van der Waals surface area contributed by atoms with Crippen LogP contribution in [0.1, 0.15) is 28.2 Å². The van der Waals surface area contributed by atoms with E-state index in [2.05, 4.69) is 37.2 Å². The molecule has 1 unspecified atom stereocenters. The Morgan fingerprint density at radius 3 is 2.39 bits per heavy atom. The van der Waals surface area contributed by atoms with Crippen molar-refractivity contribution in [1.82, 2.24) is 5.32 Å². The highest BCUT2D eigenvalue weighted by Crippen LogP contribution is 2.23. The molecule has 18 heavy (non-hydrogen) atoms. The maximum absolute atomic E-state index is 12.0. The number of carbonyl (C=O) groups excluding carboxylic acids is 1. The summed E-state index contributed by atoms with van der Waals surface area (Å²) in [6, 6.07) is 11.6. The fourth-order valence-corrected chi connectivity index (χ4v) is 3.09. The number of nitrogens with one attached hydrogen (secondary N) is 1. The molecule has 0 radical (unpaired) electrons. The van der Waals surface area contributed by atoms with Crippen LogP contribution in [0.4, 0.5) is 0 Å². The van der Waals surface area contributed by atoms with Crippen molar-refractivity contribution in [3.05, 3.63) is 55.1 Å². The first-order valence-corrected chi connectivity index (χ1v) is 7.78. The number of hydrogen-bond donors (Lipinski definition) is 1. The first-order valence-electron chi connectivity index (χ1n) is 5.38. The summed E-state index contributed by atoms with van der Waals surface area (Å²) in [7, 11) is 0. The fraction of sp³-hybridized carbons (Fsp3) is 0.154. The lowest BCUT2D eigenvalue weighted by Gasteiger charge is -2.13. The molecule has 0 saturated heterocycles. The molecule has 2 rings (SSSR count). The van der Waals surface area contributed by atoms with Gasteiger partial charge in [-0.3, -0.25) is 4.79 Å². The van der Waals surface area contributed by atoms with Gasteiger partial charge in [0.15, 0.2) is 0 Å². The standard InChI is InChI=1S/C13H11Br2NOS/c1-8(9-2-4-10(14)5-3-9)16-13(17)11-6-7-12(15)18-11/h2-8H,1H3,(H,16,17). The number of halogens is 2. The van der Waals surface area contributed by atoms with E-state index in [0.717, 1.165) is 13.8 Å². The maximum Gasteiger partial charge on any atom is 0.261 e. The maximum atomic E-state index is 12.0. The third-order valence-corrected chi connectivity index (χ3v) is 4.67. The van der Waals surface area contributed by atoms with Gasteiger partial charge in [-0.05, 0) is 52.7 Å². The van der Waals surface area contributed by atoms with Crippen LogP contribution in [0.2, 0.25) is 0 Å². The summed E-state index contributed by atoms with van der Waals surface area (Å²) < 4.78 is 2.00. The van der Waals surface area contributed by atoms with Crippen LogP contribution >= 0.6 is 43.2 Å². The number of rotatable bonds is 3. The summed E-state index contributed by atoms with van der Waals surface area (Å²) in [5, 5.41) is 2.98. The Kier molecular flexibility index (Phi) is 4.59. The van der Waals surface area contributed by atoms with Gasteiger partial charge < -0.3 is 5.32 Å². The van der Waals surface area contributed by atoms with Crippen LogP contribution < -0.4 is 5.32 Å². The van der Waals surface area contributed by atoms with Gasteiger partial charge in [0.2, 0.25) is 0 Å².